The van der Waals surface area contributed by atoms with Gasteiger partial charge in [-0.05, 0) is 67.7 Å². The average molecular weight is 766 g/mol. The number of amides is 3. The molecule has 3 amide bonds. The van der Waals surface area contributed by atoms with Gasteiger partial charge < -0.3 is 24.8 Å². The van der Waals surface area contributed by atoms with Gasteiger partial charge in [-0.25, -0.2) is 30.0 Å². The van der Waals surface area contributed by atoms with E-state index >= 15 is 0 Å². The molecule has 1 unspecified atom stereocenters. The molecule has 2 fully saturated rings. The number of rotatable bonds is 11. The van der Waals surface area contributed by atoms with E-state index in [2.05, 4.69) is 69.2 Å². The van der Waals surface area contributed by atoms with Crippen LogP contribution in [0, 0.1) is 17.8 Å². The summed E-state index contributed by atoms with van der Waals surface area (Å²) in [6, 6.07) is 15.8. The summed E-state index contributed by atoms with van der Waals surface area (Å²) in [7, 11) is 2.59. The van der Waals surface area contributed by atoms with Crippen LogP contribution in [-0.4, -0.2) is 75.1 Å². The number of Topliss-reactive ketones (excluding diaryl/α,β-unsaturated/α-hetero) is 1. The third kappa shape index (κ3) is 8.98. The maximum Gasteiger partial charge on any atom is 0.425 e. The molecule has 298 valence electrons. The molecule has 5 atom stereocenters. The summed E-state index contributed by atoms with van der Waals surface area (Å²) in [6.45, 7) is 7.59. The molecule has 2 aliphatic carbocycles. The van der Waals surface area contributed by atoms with Crippen LogP contribution in [0.4, 0.5) is 9.59 Å². The molecule has 0 spiro atoms. The van der Waals surface area contributed by atoms with Crippen LogP contribution in [0.2, 0.25) is 0 Å². The molecule has 2 aromatic carbocycles. The lowest BCUT2D eigenvalue weighted by molar-refractivity contribution is -0.142. The summed E-state index contributed by atoms with van der Waals surface area (Å²) in [6.07, 6.45) is 9.51. The lowest BCUT2D eigenvalue weighted by atomic mass is 9.73. The van der Waals surface area contributed by atoms with Crippen LogP contribution < -0.4 is 10.7 Å². The highest BCUT2D eigenvalue weighted by Gasteiger charge is 2.40. The summed E-state index contributed by atoms with van der Waals surface area (Å²) < 4.78 is 9.55. The second kappa shape index (κ2) is 18.0. The minimum atomic E-state index is -0.668. The van der Waals surface area contributed by atoms with Gasteiger partial charge in [0, 0.05) is 29.7 Å². The van der Waals surface area contributed by atoms with Crippen LogP contribution >= 0.6 is 0 Å². The van der Waals surface area contributed by atoms with E-state index in [1.807, 2.05) is 40.1 Å². The predicted octanol–water partition coefficient (Wildman–Crippen LogP) is 8.14. The summed E-state index contributed by atoms with van der Waals surface area (Å²) in [5.74, 6) is 0.731. The molecule has 6 rings (SSSR count). The zero-order chi connectivity index (χ0) is 39.9. The van der Waals surface area contributed by atoms with Crippen LogP contribution in [0.3, 0.4) is 0 Å². The first-order valence-corrected chi connectivity index (χ1v) is 19.9. The fourth-order valence-corrected chi connectivity index (χ4v) is 8.32. The minimum absolute atomic E-state index is 0.0331. The van der Waals surface area contributed by atoms with Crippen molar-refractivity contribution in [3.8, 4) is 33.6 Å². The third-order valence-electron chi connectivity index (χ3n) is 11.4. The SMILES string of the molecule is COC(=O)NC(C(=O)[C@H]1CCCC[C@H]1c1ncc(-c2ccc(-c3ccc(-c4cnc([C@H]5CCCC[C@H]5C(=O)N(NC(=O)OC)C(C)C)[nH]4)cc3)cc2)[nH]1)C(C)C. The molecule has 0 bridgehead atoms. The van der Waals surface area contributed by atoms with Gasteiger partial charge in [0.05, 0.1) is 44.0 Å². The zero-order valence-electron chi connectivity index (χ0n) is 33.3. The molecule has 4 N–H and O–H groups in total. The quantitative estimate of drug-likeness (QED) is 0.111. The van der Waals surface area contributed by atoms with Gasteiger partial charge in [-0.15, -0.1) is 0 Å². The van der Waals surface area contributed by atoms with Gasteiger partial charge in [0.2, 0.25) is 5.91 Å². The van der Waals surface area contributed by atoms with Crippen LogP contribution in [0.1, 0.15) is 103 Å². The van der Waals surface area contributed by atoms with E-state index in [1.165, 1.54) is 19.2 Å². The van der Waals surface area contributed by atoms with Crippen molar-refractivity contribution in [2.24, 2.45) is 17.8 Å². The number of imidazole rings is 2. The zero-order valence-corrected chi connectivity index (χ0v) is 33.3. The molecule has 2 heterocycles. The number of benzene rings is 2. The second-order valence-electron chi connectivity index (χ2n) is 15.7. The first-order valence-electron chi connectivity index (χ1n) is 19.9. The molecule has 0 saturated heterocycles. The minimum Gasteiger partial charge on any atom is -0.453 e. The monoisotopic (exact) mass is 765 g/mol. The summed E-state index contributed by atoms with van der Waals surface area (Å²) in [4.78, 5) is 68.0. The highest BCUT2D eigenvalue weighted by atomic mass is 16.5. The Morgan fingerprint density at radius 3 is 1.57 bits per heavy atom. The smallest absolute Gasteiger partial charge is 0.425 e. The molecular formula is C43H55N7O6. The van der Waals surface area contributed by atoms with E-state index < -0.39 is 18.2 Å². The number of H-pyrrole nitrogens is 2. The van der Waals surface area contributed by atoms with Crippen molar-refractivity contribution < 1.29 is 28.7 Å². The van der Waals surface area contributed by atoms with E-state index in [0.717, 1.165) is 96.7 Å². The van der Waals surface area contributed by atoms with E-state index in [9.17, 15) is 19.2 Å². The summed E-state index contributed by atoms with van der Waals surface area (Å²) >= 11 is 0. The van der Waals surface area contributed by atoms with Crippen molar-refractivity contribution in [3.63, 3.8) is 0 Å². The molecule has 2 saturated carbocycles. The van der Waals surface area contributed by atoms with Crippen molar-refractivity contribution in [3.05, 3.63) is 72.6 Å². The lowest BCUT2D eigenvalue weighted by Crippen LogP contribution is -2.53. The first kappa shape index (κ1) is 40.2. The van der Waals surface area contributed by atoms with E-state index in [0.29, 0.717) is 0 Å². The second-order valence-corrected chi connectivity index (χ2v) is 15.7. The number of hydrogen-bond acceptors (Lipinski definition) is 8. The maximum absolute atomic E-state index is 13.8. The van der Waals surface area contributed by atoms with Crippen LogP contribution in [0.5, 0.6) is 0 Å². The van der Waals surface area contributed by atoms with E-state index in [1.54, 1.807) is 0 Å². The Morgan fingerprint density at radius 1 is 0.661 bits per heavy atom. The van der Waals surface area contributed by atoms with Gasteiger partial charge in [-0.3, -0.25) is 9.59 Å². The van der Waals surface area contributed by atoms with Crippen molar-refractivity contribution >= 4 is 23.9 Å². The highest BCUT2D eigenvalue weighted by molar-refractivity contribution is 5.90. The van der Waals surface area contributed by atoms with Crippen LogP contribution in [0.15, 0.2) is 60.9 Å². The van der Waals surface area contributed by atoms with Crippen LogP contribution in [0.25, 0.3) is 33.6 Å². The van der Waals surface area contributed by atoms with Gasteiger partial charge in [-0.1, -0.05) is 88.1 Å². The number of alkyl carbamates (subject to hydrolysis) is 1. The molecule has 4 aromatic rings. The number of nitrogens with zero attached hydrogens (tertiary/aromatic N) is 3. The first-order chi connectivity index (χ1) is 27.0. The number of hydrazine groups is 1. The Morgan fingerprint density at radius 2 is 1.11 bits per heavy atom. The summed E-state index contributed by atoms with van der Waals surface area (Å²) in [5.41, 5.74) is 8.48. The fourth-order valence-electron chi connectivity index (χ4n) is 8.32. The summed E-state index contributed by atoms with van der Waals surface area (Å²) in [5, 5.41) is 4.14. The number of ether oxygens (including phenoxy) is 2. The predicted molar refractivity (Wildman–Crippen MR) is 213 cm³/mol. The molecule has 0 aliphatic heterocycles. The van der Waals surface area contributed by atoms with Gasteiger partial charge >= 0.3 is 12.2 Å². The van der Waals surface area contributed by atoms with Gasteiger partial charge in [0.25, 0.3) is 0 Å². The standard InChI is InChI=1S/C43H55N7O6/c1-25(2)37(48-42(53)55-5)38(51)31-11-7-8-12-32(31)39-44-23-35(46-39)29-19-15-27(16-20-29)28-17-21-30(22-18-28)36-24-45-40(47-36)33-13-9-10-14-34(33)41(52)50(26(3)4)49-43(54)56-6/h15-26,31-34,37H,7-14H2,1-6H3,(H,44,46)(H,45,47)(H,48,53)(H,49,54)/t31-,32+,33-,34+,37?/m0/s1. The molecule has 56 heavy (non-hydrogen) atoms. The average Bonchev–Trinajstić information content (AvgIpc) is 3.93. The Balaban J connectivity index is 1.12. The van der Waals surface area contributed by atoms with Gasteiger partial charge in [-0.2, -0.15) is 0 Å². The Labute approximate surface area is 328 Å². The molecule has 13 heteroatoms. The number of carbonyl (C=O) groups is 4. The molecular weight excluding hydrogens is 711 g/mol. The Bertz CT molecular complexity index is 1830. The van der Waals surface area contributed by atoms with Crippen molar-refractivity contribution in [2.45, 2.75) is 103 Å². The number of ketones is 1. The largest absolute Gasteiger partial charge is 0.453 e. The Hall–Kier alpha value is -5.46. The molecule has 2 aliphatic rings. The molecule has 13 nitrogen and oxygen atoms in total. The van der Waals surface area contributed by atoms with Crippen molar-refractivity contribution in [1.82, 2.24) is 35.7 Å². The topological polar surface area (TPSA) is 171 Å². The van der Waals surface area contributed by atoms with Gasteiger partial charge in [0.1, 0.15) is 11.6 Å². The van der Waals surface area contributed by atoms with Gasteiger partial charge in [0.15, 0.2) is 5.78 Å². The van der Waals surface area contributed by atoms with Crippen molar-refractivity contribution in [1.29, 1.82) is 0 Å². The van der Waals surface area contributed by atoms with Crippen LogP contribution in [-0.2, 0) is 19.1 Å². The number of aromatic amines is 2. The maximum atomic E-state index is 13.8. The highest BCUT2D eigenvalue weighted by Crippen LogP contribution is 2.40. The van der Waals surface area contributed by atoms with E-state index in [-0.39, 0.29) is 47.3 Å². The normalized spacial score (nSPS) is 20.3. The van der Waals surface area contributed by atoms with E-state index in [4.69, 9.17) is 19.4 Å². The van der Waals surface area contributed by atoms with Crippen molar-refractivity contribution in [2.75, 3.05) is 14.2 Å². The molecule has 0 radical (unpaired) electrons. The number of methoxy groups -OCH3 is 2. The number of carbonyl (C=O) groups excluding carboxylic acids is 4. The lowest BCUT2D eigenvalue weighted by Gasteiger charge is -2.35. The third-order valence-corrected chi connectivity index (χ3v) is 11.4. The molecule has 2 aromatic heterocycles. The Kier molecular flexibility index (Phi) is 12.9. The number of hydrogen-bond donors (Lipinski definition) is 4. The number of nitrogens with one attached hydrogen (secondary N) is 4. The number of aromatic nitrogens is 4. The fraction of sp³-hybridized carbons (Fsp3) is 0.488.